The lowest BCUT2D eigenvalue weighted by atomic mass is 10.1. The molecule has 0 atom stereocenters. The van der Waals surface area contributed by atoms with Crippen LogP contribution in [0.4, 0.5) is 0 Å². The van der Waals surface area contributed by atoms with Crippen LogP contribution in [0.5, 0.6) is 5.75 Å². The molecule has 0 N–H and O–H groups in total. The van der Waals surface area contributed by atoms with Crippen molar-refractivity contribution in [2.45, 2.75) is 20.8 Å². The molecule has 1 amide bonds. The van der Waals surface area contributed by atoms with Crippen LogP contribution >= 0.6 is 0 Å². The third kappa shape index (κ3) is 3.93. The Bertz CT molecular complexity index is 765. The standard InChI is InChI=1S/C20H27N3O2/c1-14(2)13-22-7-9-23(10-8-22)20(24)18-11-16-5-6-17(25-4)12-19(16)21-15(18)3/h5-6,11-12,14H,7-10,13H2,1-4H3. The van der Waals surface area contributed by atoms with E-state index >= 15 is 0 Å². The first-order valence-electron chi connectivity index (χ1n) is 8.95. The van der Waals surface area contributed by atoms with E-state index in [1.165, 1.54) is 0 Å². The highest BCUT2D eigenvalue weighted by Gasteiger charge is 2.24. The van der Waals surface area contributed by atoms with Crippen LogP contribution in [-0.4, -0.2) is 60.5 Å². The molecule has 2 heterocycles. The van der Waals surface area contributed by atoms with E-state index in [0.29, 0.717) is 11.5 Å². The Labute approximate surface area is 149 Å². The van der Waals surface area contributed by atoms with Gasteiger partial charge in [-0.3, -0.25) is 14.7 Å². The Morgan fingerprint density at radius 1 is 1.20 bits per heavy atom. The van der Waals surface area contributed by atoms with Crippen molar-refractivity contribution in [3.05, 3.63) is 35.5 Å². The van der Waals surface area contributed by atoms with E-state index < -0.39 is 0 Å². The lowest BCUT2D eigenvalue weighted by molar-refractivity contribution is 0.0623. The maximum atomic E-state index is 13.0. The molecule has 0 spiro atoms. The van der Waals surface area contributed by atoms with Gasteiger partial charge in [-0.25, -0.2) is 0 Å². The SMILES string of the molecule is COc1ccc2cc(C(=O)N3CCN(CC(C)C)CC3)c(C)nc2c1. The number of carbonyl (C=O) groups is 1. The molecular weight excluding hydrogens is 314 g/mol. The van der Waals surface area contributed by atoms with Crippen LogP contribution in [0.3, 0.4) is 0 Å². The number of benzene rings is 1. The molecule has 1 aliphatic heterocycles. The molecule has 134 valence electrons. The predicted molar refractivity (Wildman–Crippen MR) is 100 cm³/mol. The van der Waals surface area contributed by atoms with E-state index in [0.717, 1.165) is 55.1 Å². The summed E-state index contributed by atoms with van der Waals surface area (Å²) in [6, 6.07) is 7.72. The summed E-state index contributed by atoms with van der Waals surface area (Å²) < 4.78 is 5.25. The molecule has 1 aromatic carbocycles. The molecule has 0 saturated carbocycles. The van der Waals surface area contributed by atoms with Crippen molar-refractivity contribution in [1.29, 1.82) is 0 Å². The Hall–Kier alpha value is -2.14. The maximum absolute atomic E-state index is 13.0. The van der Waals surface area contributed by atoms with Crippen LogP contribution in [0.15, 0.2) is 24.3 Å². The highest BCUT2D eigenvalue weighted by molar-refractivity contribution is 5.98. The van der Waals surface area contributed by atoms with Crippen molar-refractivity contribution in [2.75, 3.05) is 39.8 Å². The highest BCUT2D eigenvalue weighted by Crippen LogP contribution is 2.23. The Morgan fingerprint density at radius 2 is 1.92 bits per heavy atom. The third-order valence-corrected chi connectivity index (χ3v) is 4.73. The second kappa shape index (κ2) is 7.40. The van der Waals surface area contributed by atoms with Crippen molar-refractivity contribution in [3.63, 3.8) is 0 Å². The molecule has 5 heteroatoms. The van der Waals surface area contributed by atoms with Gasteiger partial charge in [-0.2, -0.15) is 0 Å². The Kier molecular flexibility index (Phi) is 5.23. The number of rotatable bonds is 4. The molecule has 1 fully saturated rings. The minimum atomic E-state index is 0.0897. The minimum Gasteiger partial charge on any atom is -0.497 e. The Balaban J connectivity index is 1.77. The monoisotopic (exact) mass is 341 g/mol. The van der Waals surface area contributed by atoms with Gasteiger partial charge in [-0.05, 0) is 31.0 Å². The number of amides is 1. The zero-order chi connectivity index (χ0) is 18.0. The fourth-order valence-electron chi connectivity index (χ4n) is 3.41. The zero-order valence-electron chi connectivity index (χ0n) is 15.6. The van der Waals surface area contributed by atoms with Gasteiger partial charge in [-0.1, -0.05) is 13.8 Å². The number of hydrogen-bond acceptors (Lipinski definition) is 4. The summed E-state index contributed by atoms with van der Waals surface area (Å²) in [4.78, 5) is 22.0. The summed E-state index contributed by atoms with van der Waals surface area (Å²) in [5.41, 5.74) is 2.33. The average Bonchev–Trinajstić information content (AvgIpc) is 2.60. The predicted octanol–water partition coefficient (Wildman–Crippen LogP) is 2.97. The summed E-state index contributed by atoms with van der Waals surface area (Å²) >= 11 is 0. The number of ether oxygens (including phenoxy) is 1. The second-order valence-electron chi connectivity index (χ2n) is 7.17. The molecule has 5 nitrogen and oxygen atoms in total. The van der Waals surface area contributed by atoms with Gasteiger partial charge in [0.15, 0.2) is 0 Å². The number of hydrogen-bond donors (Lipinski definition) is 0. The lowest BCUT2D eigenvalue weighted by Gasteiger charge is -2.35. The molecule has 0 aliphatic carbocycles. The number of pyridine rings is 1. The van der Waals surface area contributed by atoms with E-state index in [9.17, 15) is 4.79 Å². The van der Waals surface area contributed by atoms with Crippen LogP contribution in [0.1, 0.15) is 29.9 Å². The van der Waals surface area contributed by atoms with Crippen molar-refractivity contribution >= 4 is 16.8 Å². The Morgan fingerprint density at radius 3 is 2.56 bits per heavy atom. The number of aromatic nitrogens is 1. The van der Waals surface area contributed by atoms with E-state index in [2.05, 4.69) is 23.7 Å². The fourth-order valence-corrected chi connectivity index (χ4v) is 3.41. The quantitative estimate of drug-likeness (QED) is 0.858. The van der Waals surface area contributed by atoms with Gasteiger partial charge < -0.3 is 9.64 Å². The molecular formula is C20H27N3O2. The van der Waals surface area contributed by atoms with E-state index in [1.807, 2.05) is 36.1 Å². The van der Waals surface area contributed by atoms with Crippen LogP contribution in [0.2, 0.25) is 0 Å². The lowest BCUT2D eigenvalue weighted by Crippen LogP contribution is -2.49. The number of methoxy groups -OCH3 is 1. The van der Waals surface area contributed by atoms with Crippen molar-refractivity contribution in [3.8, 4) is 5.75 Å². The first-order chi connectivity index (χ1) is 12.0. The zero-order valence-corrected chi connectivity index (χ0v) is 15.6. The molecule has 0 bridgehead atoms. The molecule has 1 aliphatic rings. The molecule has 25 heavy (non-hydrogen) atoms. The van der Waals surface area contributed by atoms with Gasteiger partial charge in [0.2, 0.25) is 0 Å². The number of nitrogens with zero attached hydrogens (tertiary/aromatic N) is 3. The van der Waals surface area contributed by atoms with Gasteiger partial charge >= 0.3 is 0 Å². The van der Waals surface area contributed by atoms with Crippen molar-refractivity contribution in [1.82, 2.24) is 14.8 Å². The van der Waals surface area contributed by atoms with Crippen LogP contribution in [-0.2, 0) is 0 Å². The van der Waals surface area contributed by atoms with Gasteiger partial charge in [0.05, 0.1) is 23.9 Å². The number of aryl methyl sites for hydroxylation is 1. The number of carbonyl (C=O) groups excluding carboxylic acids is 1. The molecule has 3 rings (SSSR count). The largest absolute Gasteiger partial charge is 0.497 e. The molecule has 2 aromatic rings. The molecule has 1 aromatic heterocycles. The van der Waals surface area contributed by atoms with Crippen LogP contribution in [0, 0.1) is 12.8 Å². The fraction of sp³-hybridized carbons (Fsp3) is 0.500. The van der Waals surface area contributed by atoms with Crippen LogP contribution < -0.4 is 4.74 Å². The maximum Gasteiger partial charge on any atom is 0.255 e. The molecule has 1 saturated heterocycles. The third-order valence-electron chi connectivity index (χ3n) is 4.73. The number of fused-ring (bicyclic) bond motifs is 1. The van der Waals surface area contributed by atoms with E-state index in [-0.39, 0.29) is 5.91 Å². The average molecular weight is 341 g/mol. The summed E-state index contributed by atoms with van der Waals surface area (Å²) in [6.45, 7) is 10.9. The highest BCUT2D eigenvalue weighted by atomic mass is 16.5. The van der Waals surface area contributed by atoms with Gasteiger partial charge in [0.1, 0.15) is 5.75 Å². The summed E-state index contributed by atoms with van der Waals surface area (Å²) in [5.74, 6) is 1.53. The van der Waals surface area contributed by atoms with Crippen LogP contribution in [0.25, 0.3) is 10.9 Å². The summed E-state index contributed by atoms with van der Waals surface area (Å²) in [7, 11) is 1.64. The molecule has 0 unspecified atom stereocenters. The summed E-state index contributed by atoms with van der Waals surface area (Å²) in [6.07, 6.45) is 0. The second-order valence-corrected chi connectivity index (χ2v) is 7.17. The van der Waals surface area contributed by atoms with Gasteiger partial charge in [0.25, 0.3) is 5.91 Å². The van der Waals surface area contributed by atoms with Crippen molar-refractivity contribution in [2.24, 2.45) is 5.92 Å². The molecule has 0 radical (unpaired) electrons. The number of piperazine rings is 1. The normalized spacial score (nSPS) is 15.8. The topological polar surface area (TPSA) is 45.7 Å². The van der Waals surface area contributed by atoms with Gasteiger partial charge in [0, 0.05) is 44.2 Å². The van der Waals surface area contributed by atoms with Gasteiger partial charge in [-0.15, -0.1) is 0 Å². The van der Waals surface area contributed by atoms with E-state index in [1.54, 1.807) is 7.11 Å². The van der Waals surface area contributed by atoms with Crippen molar-refractivity contribution < 1.29 is 9.53 Å². The first kappa shape index (κ1) is 17.7. The first-order valence-corrected chi connectivity index (χ1v) is 8.95. The minimum absolute atomic E-state index is 0.0897. The summed E-state index contributed by atoms with van der Waals surface area (Å²) in [5, 5.41) is 0.966. The smallest absolute Gasteiger partial charge is 0.255 e. The van der Waals surface area contributed by atoms with E-state index in [4.69, 9.17) is 4.74 Å².